The summed E-state index contributed by atoms with van der Waals surface area (Å²) in [5, 5.41) is 10.3. The average Bonchev–Trinajstić information content (AvgIpc) is 3.19. The Kier molecular flexibility index (Phi) is 4.12. The molecule has 2 aromatic heterocycles. The van der Waals surface area contributed by atoms with E-state index in [0.717, 1.165) is 57.7 Å². The molecule has 2 saturated heterocycles. The van der Waals surface area contributed by atoms with Gasteiger partial charge >= 0.3 is 12.2 Å². The average molecular weight is 476 g/mol. The van der Waals surface area contributed by atoms with Crippen LogP contribution in [-0.2, 0) is 12.6 Å². The van der Waals surface area contributed by atoms with Gasteiger partial charge in [0.15, 0.2) is 5.82 Å². The van der Waals surface area contributed by atoms with Gasteiger partial charge in [-0.15, -0.1) is 0 Å². The van der Waals surface area contributed by atoms with Crippen molar-refractivity contribution in [2.75, 3.05) is 26.2 Å². The maximum absolute atomic E-state index is 13.0. The zero-order chi connectivity index (χ0) is 23.3. The van der Waals surface area contributed by atoms with Gasteiger partial charge in [-0.25, -0.2) is 14.5 Å². The minimum atomic E-state index is -4.39. The number of halogens is 3. The second-order valence-electron chi connectivity index (χ2n) is 11.7. The lowest BCUT2D eigenvalue weighted by Crippen LogP contribution is -2.71. The Morgan fingerprint density at radius 2 is 1.71 bits per heavy atom. The summed E-state index contributed by atoms with van der Waals surface area (Å²) in [5.74, 6) is 1.79. The van der Waals surface area contributed by atoms with E-state index in [9.17, 15) is 18.0 Å². The molecule has 0 atom stereocenters. The van der Waals surface area contributed by atoms with Crippen LogP contribution in [-0.4, -0.2) is 67.0 Å². The number of carbonyl (C=O) groups is 1. The van der Waals surface area contributed by atoms with E-state index in [4.69, 9.17) is 0 Å². The number of likely N-dealkylation sites (tertiary alicyclic amines) is 2. The highest BCUT2D eigenvalue weighted by molar-refractivity contribution is 5.77. The Hall–Kier alpha value is -2.59. The number of nitrogens with one attached hydrogen (secondary N) is 1. The molecular weight excluding hydrogens is 447 g/mol. The smallest absolute Gasteiger partial charge is 0.323 e. The van der Waals surface area contributed by atoms with E-state index < -0.39 is 11.9 Å². The van der Waals surface area contributed by atoms with Gasteiger partial charge in [0.1, 0.15) is 12.0 Å². The molecule has 0 aromatic carbocycles. The molecule has 0 bridgehead atoms. The maximum atomic E-state index is 13.0. The molecule has 5 fully saturated rings. The van der Waals surface area contributed by atoms with Gasteiger partial charge in [-0.2, -0.15) is 23.4 Å². The fraction of sp³-hybridized carbons (Fsp3) is 0.739. The maximum Gasteiger partial charge on any atom is 0.433 e. The number of amides is 2. The van der Waals surface area contributed by atoms with Crippen LogP contribution in [0.15, 0.2) is 12.5 Å². The topological polar surface area (TPSA) is 82.9 Å². The summed E-state index contributed by atoms with van der Waals surface area (Å²) >= 11 is 0. The molecule has 11 heteroatoms. The highest BCUT2D eigenvalue weighted by atomic mass is 19.4. The fourth-order valence-corrected chi connectivity index (χ4v) is 6.97. The molecule has 1 N–H and O–H groups in total. The SMILES string of the molecule is O=C(N1CC2(CC(Cc3cn[nH]c3C(F)(F)F)C2)C1)N1CC2(CC(n3cnc(C4CC4)n3)C2)C1. The monoisotopic (exact) mass is 475 g/mol. The number of alkyl halides is 3. The van der Waals surface area contributed by atoms with E-state index in [1.54, 1.807) is 0 Å². The first-order valence-corrected chi connectivity index (χ1v) is 12.3. The molecule has 8 nitrogen and oxygen atoms in total. The number of rotatable bonds is 4. The van der Waals surface area contributed by atoms with Crippen LogP contribution in [0, 0.1) is 16.7 Å². The lowest BCUT2D eigenvalue weighted by Gasteiger charge is -2.63. The van der Waals surface area contributed by atoms with Crippen molar-refractivity contribution in [1.82, 2.24) is 34.8 Å². The Balaban J connectivity index is 0.856. The van der Waals surface area contributed by atoms with Crippen LogP contribution in [0.3, 0.4) is 0 Å². The highest BCUT2D eigenvalue weighted by Gasteiger charge is 2.58. The van der Waals surface area contributed by atoms with Crippen LogP contribution in [0.5, 0.6) is 0 Å². The van der Waals surface area contributed by atoms with E-state index in [-0.39, 0.29) is 28.3 Å². The number of carbonyl (C=O) groups excluding carboxylic acids is 1. The first-order valence-electron chi connectivity index (χ1n) is 12.3. The predicted molar refractivity (Wildman–Crippen MR) is 114 cm³/mol. The molecule has 7 rings (SSSR count). The number of H-pyrrole nitrogens is 1. The summed E-state index contributed by atoms with van der Waals surface area (Å²) in [7, 11) is 0. The summed E-state index contributed by atoms with van der Waals surface area (Å²) in [6.07, 6.45) is 5.46. The number of hydrogen-bond acceptors (Lipinski definition) is 4. The summed E-state index contributed by atoms with van der Waals surface area (Å²) in [6.45, 7) is 3.10. The van der Waals surface area contributed by atoms with Crippen LogP contribution >= 0.6 is 0 Å². The zero-order valence-electron chi connectivity index (χ0n) is 18.9. The van der Waals surface area contributed by atoms with E-state index in [0.29, 0.717) is 18.4 Å². The summed E-state index contributed by atoms with van der Waals surface area (Å²) < 4.78 is 41.1. The third-order valence-electron chi connectivity index (χ3n) is 8.78. The third-order valence-corrected chi connectivity index (χ3v) is 8.78. The van der Waals surface area contributed by atoms with Crippen molar-refractivity contribution < 1.29 is 18.0 Å². The Morgan fingerprint density at radius 3 is 2.32 bits per heavy atom. The molecule has 5 aliphatic rings. The molecule has 2 aromatic rings. The first-order chi connectivity index (χ1) is 16.2. The van der Waals surface area contributed by atoms with Gasteiger partial charge in [0.25, 0.3) is 0 Å². The van der Waals surface area contributed by atoms with Crippen LogP contribution in [0.1, 0.15) is 67.6 Å². The molecule has 2 spiro atoms. The number of urea groups is 1. The van der Waals surface area contributed by atoms with Crippen molar-refractivity contribution >= 4 is 6.03 Å². The largest absolute Gasteiger partial charge is 0.433 e. The second-order valence-corrected chi connectivity index (χ2v) is 11.7. The fourth-order valence-electron chi connectivity index (χ4n) is 6.97. The molecule has 0 radical (unpaired) electrons. The van der Waals surface area contributed by atoms with E-state index in [1.165, 1.54) is 19.0 Å². The first kappa shape index (κ1) is 20.8. The molecule has 4 heterocycles. The van der Waals surface area contributed by atoms with Crippen molar-refractivity contribution in [3.8, 4) is 0 Å². The second kappa shape index (κ2) is 6.75. The standard InChI is InChI=1S/C23H28F3N7O/c24-23(25,26)18-16(8-28-29-18)3-14-4-21(5-14)9-31(10-21)20(34)32-11-22(12-32)6-17(7-22)33-13-27-19(30-33)15-1-2-15/h8,13-15,17H,1-7,9-12H2,(H,28,29). The number of nitrogens with zero attached hydrogens (tertiary/aromatic N) is 6. The van der Waals surface area contributed by atoms with Gasteiger partial charge in [-0.1, -0.05) is 0 Å². The molecule has 0 unspecified atom stereocenters. The summed E-state index contributed by atoms with van der Waals surface area (Å²) in [6, 6.07) is 0.527. The van der Waals surface area contributed by atoms with Crippen molar-refractivity contribution in [2.45, 2.75) is 63.1 Å². The third kappa shape index (κ3) is 3.25. The van der Waals surface area contributed by atoms with Gasteiger partial charge in [0.2, 0.25) is 0 Å². The normalized spacial score (nSPS) is 25.7. The van der Waals surface area contributed by atoms with Crippen LogP contribution < -0.4 is 0 Å². The number of aromatic nitrogens is 5. The molecule has 3 aliphatic carbocycles. The quantitative estimate of drug-likeness (QED) is 0.733. The van der Waals surface area contributed by atoms with Gasteiger partial charge in [0.05, 0.1) is 12.2 Å². The minimum absolute atomic E-state index is 0.110. The van der Waals surface area contributed by atoms with Gasteiger partial charge in [-0.05, 0) is 50.9 Å². The van der Waals surface area contributed by atoms with Gasteiger partial charge in [-0.3, -0.25) is 5.10 Å². The van der Waals surface area contributed by atoms with Crippen molar-refractivity contribution in [3.05, 3.63) is 29.6 Å². The van der Waals surface area contributed by atoms with E-state index in [1.807, 2.05) is 20.8 Å². The molecule has 2 aliphatic heterocycles. The Labute approximate surface area is 194 Å². The van der Waals surface area contributed by atoms with Crippen molar-refractivity contribution in [3.63, 3.8) is 0 Å². The molecule has 34 heavy (non-hydrogen) atoms. The predicted octanol–water partition coefficient (Wildman–Crippen LogP) is 3.61. The van der Waals surface area contributed by atoms with Gasteiger partial charge in [0, 0.05) is 48.5 Å². The van der Waals surface area contributed by atoms with Crippen molar-refractivity contribution in [1.29, 1.82) is 0 Å². The van der Waals surface area contributed by atoms with Crippen LogP contribution in [0.25, 0.3) is 0 Å². The van der Waals surface area contributed by atoms with Crippen LogP contribution in [0.2, 0.25) is 0 Å². The number of hydrogen-bond donors (Lipinski definition) is 1. The Morgan fingerprint density at radius 1 is 1.06 bits per heavy atom. The lowest BCUT2D eigenvalue weighted by atomic mass is 9.56. The molecule has 2 amide bonds. The lowest BCUT2D eigenvalue weighted by molar-refractivity contribution is -0.142. The van der Waals surface area contributed by atoms with Gasteiger partial charge < -0.3 is 9.80 Å². The van der Waals surface area contributed by atoms with E-state index >= 15 is 0 Å². The van der Waals surface area contributed by atoms with Crippen LogP contribution in [0.4, 0.5) is 18.0 Å². The zero-order valence-corrected chi connectivity index (χ0v) is 18.9. The highest BCUT2D eigenvalue weighted by Crippen LogP contribution is 2.56. The molecule has 3 saturated carbocycles. The minimum Gasteiger partial charge on any atom is -0.323 e. The Bertz CT molecular complexity index is 1110. The summed E-state index contributed by atoms with van der Waals surface area (Å²) in [4.78, 5) is 21.2. The summed E-state index contributed by atoms with van der Waals surface area (Å²) in [5.41, 5.74) is -0.120. The molecular formula is C23H28F3N7O. The van der Waals surface area contributed by atoms with Crippen molar-refractivity contribution in [2.24, 2.45) is 16.7 Å². The number of aromatic amines is 1. The molecule has 182 valence electrons. The van der Waals surface area contributed by atoms with E-state index in [2.05, 4.69) is 20.3 Å².